The Bertz CT molecular complexity index is 508. The van der Waals surface area contributed by atoms with Crippen molar-refractivity contribution in [3.63, 3.8) is 0 Å². The zero-order chi connectivity index (χ0) is 16.1. The first-order chi connectivity index (χ1) is 11.2. The summed E-state index contributed by atoms with van der Waals surface area (Å²) in [5, 5.41) is 14.5. The van der Waals surface area contributed by atoms with E-state index in [-0.39, 0.29) is 11.9 Å². The lowest BCUT2D eigenvalue weighted by Crippen LogP contribution is -2.46. The van der Waals surface area contributed by atoms with E-state index in [1.165, 1.54) is 0 Å². The third kappa shape index (κ3) is 4.49. The zero-order valence-electron chi connectivity index (χ0n) is 13.7. The summed E-state index contributed by atoms with van der Waals surface area (Å²) in [7, 11) is 0. The Morgan fingerprint density at radius 1 is 1.43 bits per heavy atom. The number of piperidine rings is 1. The van der Waals surface area contributed by atoms with Crippen LogP contribution in [-0.4, -0.2) is 77.8 Å². The topological polar surface area (TPSA) is 84.3 Å². The van der Waals surface area contributed by atoms with Gasteiger partial charge in [-0.25, -0.2) is 4.68 Å². The van der Waals surface area contributed by atoms with Crippen molar-refractivity contribution < 1.29 is 9.53 Å². The lowest BCUT2D eigenvalue weighted by Gasteiger charge is -2.29. The molecular formula is C15H26N6O2. The van der Waals surface area contributed by atoms with E-state index in [4.69, 9.17) is 4.74 Å². The summed E-state index contributed by atoms with van der Waals surface area (Å²) in [5.41, 5.74) is 0.400. The van der Waals surface area contributed by atoms with Gasteiger partial charge in [0.2, 0.25) is 0 Å². The number of carbonyl (C=O) groups excluding carboxylic acids is 1. The van der Waals surface area contributed by atoms with E-state index in [0.29, 0.717) is 11.7 Å². The van der Waals surface area contributed by atoms with Gasteiger partial charge in [-0.15, -0.1) is 5.10 Å². The SMILES string of the molecule is CC(CN1CCOCC1)NC(=O)c1cn(C2CCNCC2)nn1. The van der Waals surface area contributed by atoms with Gasteiger partial charge in [0.1, 0.15) is 0 Å². The summed E-state index contributed by atoms with van der Waals surface area (Å²) >= 11 is 0. The molecule has 128 valence electrons. The molecule has 0 aliphatic carbocycles. The van der Waals surface area contributed by atoms with Gasteiger partial charge in [0.15, 0.2) is 5.69 Å². The van der Waals surface area contributed by atoms with Crippen LogP contribution in [0.5, 0.6) is 0 Å². The van der Waals surface area contributed by atoms with Crippen LogP contribution in [-0.2, 0) is 4.74 Å². The Balaban J connectivity index is 1.50. The molecule has 3 rings (SSSR count). The minimum Gasteiger partial charge on any atom is -0.379 e. The minimum atomic E-state index is -0.147. The number of amides is 1. The molecule has 0 saturated carbocycles. The summed E-state index contributed by atoms with van der Waals surface area (Å²) < 4.78 is 7.17. The van der Waals surface area contributed by atoms with Gasteiger partial charge in [-0.05, 0) is 32.9 Å². The van der Waals surface area contributed by atoms with Crippen LogP contribution in [0, 0.1) is 0 Å². The number of rotatable bonds is 5. The fourth-order valence-electron chi connectivity index (χ4n) is 3.14. The van der Waals surface area contributed by atoms with Gasteiger partial charge in [0.25, 0.3) is 5.91 Å². The van der Waals surface area contributed by atoms with Crippen molar-refractivity contribution in [3.8, 4) is 0 Å². The highest BCUT2D eigenvalue weighted by atomic mass is 16.5. The lowest BCUT2D eigenvalue weighted by atomic mass is 10.1. The van der Waals surface area contributed by atoms with Gasteiger partial charge >= 0.3 is 0 Å². The van der Waals surface area contributed by atoms with Crippen molar-refractivity contribution in [2.45, 2.75) is 31.8 Å². The first-order valence-electron chi connectivity index (χ1n) is 8.46. The minimum absolute atomic E-state index is 0.0737. The molecule has 0 aromatic carbocycles. The highest BCUT2D eigenvalue weighted by molar-refractivity contribution is 5.92. The summed E-state index contributed by atoms with van der Waals surface area (Å²) in [5.74, 6) is -0.147. The van der Waals surface area contributed by atoms with Crippen LogP contribution in [0.3, 0.4) is 0 Å². The van der Waals surface area contributed by atoms with E-state index >= 15 is 0 Å². The molecule has 0 bridgehead atoms. The fourth-order valence-corrected chi connectivity index (χ4v) is 3.14. The number of hydrogen-bond donors (Lipinski definition) is 2. The Labute approximate surface area is 136 Å². The predicted octanol–water partition coefficient (Wildman–Crippen LogP) is -0.347. The molecule has 1 atom stereocenters. The van der Waals surface area contributed by atoms with Crippen molar-refractivity contribution in [3.05, 3.63) is 11.9 Å². The normalized spacial score (nSPS) is 22.0. The van der Waals surface area contributed by atoms with Gasteiger partial charge in [-0.3, -0.25) is 9.69 Å². The van der Waals surface area contributed by atoms with Crippen LogP contribution < -0.4 is 10.6 Å². The van der Waals surface area contributed by atoms with E-state index < -0.39 is 0 Å². The molecule has 2 fully saturated rings. The first kappa shape index (κ1) is 16.4. The first-order valence-corrected chi connectivity index (χ1v) is 8.46. The molecule has 8 nitrogen and oxygen atoms in total. The van der Waals surface area contributed by atoms with Crippen LogP contribution in [0.4, 0.5) is 0 Å². The molecule has 2 N–H and O–H groups in total. The van der Waals surface area contributed by atoms with Crippen molar-refractivity contribution in [2.24, 2.45) is 0 Å². The fraction of sp³-hybridized carbons (Fsp3) is 0.800. The largest absolute Gasteiger partial charge is 0.379 e. The lowest BCUT2D eigenvalue weighted by molar-refractivity contribution is 0.0342. The quantitative estimate of drug-likeness (QED) is 0.771. The number of morpholine rings is 1. The average molecular weight is 322 g/mol. The Hall–Kier alpha value is -1.51. The van der Waals surface area contributed by atoms with Gasteiger partial charge < -0.3 is 15.4 Å². The molecule has 1 aromatic heterocycles. The number of hydrogen-bond acceptors (Lipinski definition) is 6. The van der Waals surface area contributed by atoms with Crippen molar-refractivity contribution >= 4 is 5.91 Å². The summed E-state index contributed by atoms with van der Waals surface area (Å²) in [6.07, 6.45) is 3.82. The second kappa shape index (κ2) is 7.85. The number of carbonyl (C=O) groups is 1. The smallest absolute Gasteiger partial charge is 0.273 e. The molecule has 8 heteroatoms. The van der Waals surface area contributed by atoms with Gasteiger partial charge in [-0.1, -0.05) is 5.21 Å². The van der Waals surface area contributed by atoms with Gasteiger partial charge in [0, 0.05) is 25.7 Å². The van der Waals surface area contributed by atoms with Crippen LogP contribution in [0.15, 0.2) is 6.20 Å². The number of nitrogens with one attached hydrogen (secondary N) is 2. The third-order valence-corrected chi connectivity index (χ3v) is 4.44. The van der Waals surface area contributed by atoms with Crippen molar-refractivity contribution in [2.75, 3.05) is 45.9 Å². The monoisotopic (exact) mass is 322 g/mol. The molecule has 23 heavy (non-hydrogen) atoms. The molecular weight excluding hydrogens is 296 g/mol. The number of nitrogens with zero attached hydrogens (tertiary/aromatic N) is 4. The average Bonchev–Trinajstić information content (AvgIpc) is 3.06. The number of aromatic nitrogens is 3. The third-order valence-electron chi connectivity index (χ3n) is 4.44. The predicted molar refractivity (Wildman–Crippen MR) is 85.3 cm³/mol. The van der Waals surface area contributed by atoms with E-state index in [0.717, 1.165) is 58.8 Å². The van der Waals surface area contributed by atoms with Gasteiger partial charge in [-0.2, -0.15) is 0 Å². The highest BCUT2D eigenvalue weighted by Crippen LogP contribution is 2.17. The van der Waals surface area contributed by atoms with Crippen molar-refractivity contribution in [1.82, 2.24) is 30.5 Å². The van der Waals surface area contributed by atoms with Crippen LogP contribution in [0.25, 0.3) is 0 Å². The van der Waals surface area contributed by atoms with Crippen molar-refractivity contribution in [1.29, 1.82) is 0 Å². The maximum atomic E-state index is 12.3. The molecule has 0 spiro atoms. The second-order valence-corrected chi connectivity index (χ2v) is 6.35. The van der Waals surface area contributed by atoms with E-state index in [9.17, 15) is 4.79 Å². The summed E-state index contributed by atoms with van der Waals surface area (Å²) in [6, 6.07) is 0.417. The zero-order valence-corrected chi connectivity index (χ0v) is 13.7. The number of ether oxygens (including phenoxy) is 1. The maximum Gasteiger partial charge on any atom is 0.273 e. The standard InChI is InChI=1S/C15H26N6O2/c1-12(10-20-6-8-23-9-7-20)17-15(22)14-11-21(19-18-14)13-2-4-16-5-3-13/h11-13,16H,2-10H2,1H3,(H,17,22). The van der Waals surface area contributed by atoms with E-state index in [1.54, 1.807) is 6.20 Å². The van der Waals surface area contributed by atoms with E-state index in [2.05, 4.69) is 25.8 Å². The Morgan fingerprint density at radius 3 is 2.91 bits per heavy atom. The highest BCUT2D eigenvalue weighted by Gasteiger charge is 2.20. The van der Waals surface area contributed by atoms with Crippen LogP contribution in [0.2, 0.25) is 0 Å². The molecule has 3 heterocycles. The van der Waals surface area contributed by atoms with Gasteiger partial charge in [0.05, 0.1) is 25.5 Å². The molecule has 2 aliphatic rings. The molecule has 2 saturated heterocycles. The molecule has 1 unspecified atom stereocenters. The summed E-state index contributed by atoms with van der Waals surface area (Å²) in [6.45, 7) is 8.21. The summed E-state index contributed by atoms with van der Waals surface area (Å²) in [4.78, 5) is 14.6. The molecule has 0 radical (unpaired) electrons. The maximum absolute atomic E-state index is 12.3. The van der Waals surface area contributed by atoms with Crippen LogP contribution in [0.1, 0.15) is 36.3 Å². The second-order valence-electron chi connectivity index (χ2n) is 6.35. The Morgan fingerprint density at radius 2 is 2.17 bits per heavy atom. The molecule has 1 amide bonds. The van der Waals surface area contributed by atoms with Crippen LogP contribution >= 0.6 is 0 Å². The molecule has 1 aromatic rings. The molecule has 2 aliphatic heterocycles. The Kier molecular flexibility index (Phi) is 5.58. The van der Waals surface area contributed by atoms with E-state index in [1.807, 2.05) is 11.6 Å².